The van der Waals surface area contributed by atoms with E-state index in [0.717, 1.165) is 43.8 Å². The summed E-state index contributed by atoms with van der Waals surface area (Å²) in [4.78, 5) is 30.5. The molecule has 176 valence electrons. The average Bonchev–Trinajstić information content (AvgIpc) is 3.20. The Kier molecular flexibility index (Phi) is 7.49. The molecule has 3 heterocycles. The molecule has 4 rings (SSSR count). The van der Waals surface area contributed by atoms with Gasteiger partial charge in [0, 0.05) is 51.8 Å². The van der Waals surface area contributed by atoms with Crippen molar-refractivity contribution in [3.05, 3.63) is 42.2 Å². The Bertz CT molecular complexity index is 948. The Hall–Kier alpha value is -3.07. The number of anilines is 1. The van der Waals surface area contributed by atoms with Gasteiger partial charge in [-0.05, 0) is 55.7 Å². The van der Waals surface area contributed by atoms with Crippen LogP contribution in [0.5, 0.6) is 0 Å². The van der Waals surface area contributed by atoms with Crippen LogP contribution in [0.15, 0.2) is 36.4 Å². The van der Waals surface area contributed by atoms with Crippen molar-refractivity contribution < 1.29 is 18.7 Å². The Morgan fingerprint density at radius 2 is 1.88 bits per heavy atom. The molecule has 0 spiro atoms. The van der Waals surface area contributed by atoms with Crippen molar-refractivity contribution in [3.63, 3.8) is 0 Å². The molecule has 1 atom stereocenters. The van der Waals surface area contributed by atoms with E-state index >= 15 is 0 Å². The third-order valence-electron chi connectivity index (χ3n) is 6.18. The third kappa shape index (κ3) is 6.04. The van der Waals surface area contributed by atoms with Gasteiger partial charge in [0.25, 0.3) is 0 Å². The molecule has 2 fully saturated rings. The van der Waals surface area contributed by atoms with Gasteiger partial charge in [0.05, 0.1) is 18.3 Å². The molecule has 9 heteroatoms. The minimum Gasteiger partial charge on any atom is -0.376 e. The van der Waals surface area contributed by atoms with Crippen molar-refractivity contribution in [3.8, 4) is 11.3 Å². The topological polar surface area (TPSA) is 78.9 Å². The fraction of sp³-hybridized carbons (Fsp3) is 0.500. The quantitative estimate of drug-likeness (QED) is 0.666. The van der Waals surface area contributed by atoms with Crippen LogP contribution in [0.25, 0.3) is 11.3 Å². The van der Waals surface area contributed by atoms with Gasteiger partial charge in [-0.1, -0.05) is 0 Å². The van der Waals surface area contributed by atoms with E-state index in [1.165, 1.54) is 19.1 Å². The molecule has 2 saturated heterocycles. The summed E-state index contributed by atoms with van der Waals surface area (Å²) in [7, 11) is 0. The van der Waals surface area contributed by atoms with Crippen LogP contribution in [0.4, 0.5) is 10.2 Å². The van der Waals surface area contributed by atoms with Crippen molar-refractivity contribution in [1.82, 2.24) is 20.0 Å². The van der Waals surface area contributed by atoms with Crippen molar-refractivity contribution in [2.75, 3.05) is 50.8 Å². The lowest BCUT2D eigenvalue weighted by Crippen LogP contribution is -2.45. The smallest absolute Gasteiger partial charge is 0.242 e. The van der Waals surface area contributed by atoms with Gasteiger partial charge in [0.1, 0.15) is 5.82 Å². The number of ether oxygens (including phenoxy) is 1. The molecule has 1 aromatic carbocycles. The second-order valence-electron chi connectivity index (χ2n) is 8.54. The van der Waals surface area contributed by atoms with Crippen molar-refractivity contribution in [2.45, 2.75) is 32.3 Å². The molecule has 2 aromatic rings. The van der Waals surface area contributed by atoms with Crippen LogP contribution in [0.3, 0.4) is 0 Å². The van der Waals surface area contributed by atoms with Gasteiger partial charge in [-0.2, -0.15) is 0 Å². The highest BCUT2D eigenvalue weighted by Crippen LogP contribution is 2.20. The van der Waals surface area contributed by atoms with Crippen LogP contribution in [-0.2, 0) is 14.3 Å². The average molecular weight is 456 g/mol. The minimum absolute atomic E-state index is 0.0257. The van der Waals surface area contributed by atoms with Crippen LogP contribution in [-0.4, -0.2) is 83.8 Å². The van der Waals surface area contributed by atoms with Gasteiger partial charge in [0.2, 0.25) is 11.8 Å². The number of hydrogen-bond acceptors (Lipinski definition) is 6. The SMILES string of the molecule is CC(=O)N(CC(=O)N1CCCN(c2ccc(-c3ccc(F)cc3)nn2)CC1)CC1CCCO1. The summed E-state index contributed by atoms with van der Waals surface area (Å²) in [5, 5.41) is 8.65. The van der Waals surface area contributed by atoms with Crippen LogP contribution < -0.4 is 4.90 Å². The first-order valence-electron chi connectivity index (χ1n) is 11.5. The summed E-state index contributed by atoms with van der Waals surface area (Å²) < 4.78 is 18.8. The number of nitrogens with zero attached hydrogens (tertiary/aromatic N) is 5. The largest absolute Gasteiger partial charge is 0.376 e. The fourth-order valence-electron chi connectivity index (χ4n) is 4.27. The maximum Gasteiger partial charge on any atom is 0.242 e. The molecule has 33 heavy (non-hydrogen) atoms. The summed E-state index contributed by atoms with van der Waals surface area (Å²) in [6.07, 6.45) is 2.76. The van der Waals surface area contributed by atoms with E-state index < -0.39 is 0 Å². The summed E-state index contributed by atoms with van der Waals surface area (Å²) in [6.45, 7) is 5.38. The maximum absolute atomic E-state index is 13.1. The normalized spacial score (nSPS) is 18.8. The highest BCUT2D eigenvalue weighted by Gasteiger charge is 2.26. The van der Waals surface area contributed by atoms with Gasteiger partial charge in [0.15, 0.2) is 5.82 Å². The molecule has 0 bridgehead atoms. The summed E-state index contributed by atoms with van der Waals surface area (Å²) >= 11 is 0. The fourth-order valence-corrected chi connectivity index (χ4v) is 4.27. The number of rotatable bonds is 6. The van der Waals surface area contributed by atoms with Gasteiger partial charge < -0.3 is 19.4 Å². The van der Waals surface area contributed by atoms with Crippen molar-refractivity contribution in [2.24, 2.45) is 0 Å². The standard InChI is InChI=1S/C24H30FN5O3/c1-18(31)30(16-21-4-2-15-33-21)17-24(32)29-12-3-11-28(13-14-29)23-10-9-22(26-27-23)19-5-7-20(25)8-6-19/h5-10,21H,2-4,11-17H2,1H3. The zero-order valence-electron chi connectivity index (χ0n) is 19.0. The molecule has 0 aliphatic carbocycles. The highest BCUT2D eigenvalue weighted by atomic mass is 19.1. The van der Waals surface area contributed by atoms with Gasteiger partial charge >= 0.3 is 0 Å². The summed E-state index contributed by atoms with van der Waals surface area (Å²) in [5.41, 5.74) is 1.49. The van der Waals surface area contributed by atoms with E-state index in [9.17, 15) is 14.0 Å². The first-order chi connectivity index (χ1) is 16.0. The molecule has 0 saturated carbocycles. The Morgan fingerprint density at radius 3 is 2.55 bits per heavy atom. The number of halogens is 1. The van der Waals surface area contributed by atoms with E-state index in [4.69, 9.17) is 4.74 Å². The van der Waals surface area contributed by atoms with Crippen LogP contribution in [0.1, 0.15) is 26.2 Å². The molecular weight excluding hydrogens is 425 g/mol. The van der Waals surface area contributed by atoms with E-state index in [1.54, 1.807) is 17.0 Å². The number of aromatic nitrogens is 2. The summed E-state index contributed by atoms with van der Waals surface area (Å²) in [5.74, 6) is 0.318. The lowest BCUT2D eigenvalue weighted by Gasteiger charge is -2.27. The molecule has 0 N–H and O–H groups in total. The molecule has 2 amide bonds. The van der Waals surface area contributed by atoms with E-state index in [1.807, 2.05) is 17.0 Å². The molecule has 0 radical (unpaired) electrons. The second-order valence-corrected chi connectivity index (χ2v) is 8.54. The lowest BCUT2D eigenvalue weighted by molar-refractivity contribution is -0.140. The molecule has 2 aliphatic rings. The number of amides is 2. The monoisotopic (exact) mass is 455 g/mol. The number of carbonyl (C=O) groups excluding carboxylic acids is 2. The van der Waals surface area contributed by atoms with E-state index in [2.05, 4.69) is 15.1 Å². The van der Waals surface area contributed by atoms with Gasteiger partial charge in [-0.25, -0.2) is 4.39 Å². The highest BCUT2D eigenvalue weighted by molar-refractivity contribution is 5.84. The number of benzene rings is 1. The van der Waals surface area contributed by atoms with E-state index in [0.29, 0.717) is 31.9 Å². The van der Waals surface area contributed by atoms with Gasteiger partial charge in [-0.15, -0.1) is 10.2 Å². The summed E-state index contributed by atoms with van der Waals surface area (Å²) in [6, 6.07) is 9.94. The predicted octanol–water partition coefficient (Wildman–Crippen LogP) is 2.35. The van der Waals surface area contributed by atoms with Crippen molar-refractivity contribution in [1.29, 1.82) is 0 Å². The molecule has 1 aromatic heterocycles. The van der Waals surface area contributed by atoms with Crippen LogP contribution in [0, 0.1) is 5.82 Å². The Labute approximate surface area is 193 Å². The maximum atomic E-state index is 13.1. The number of hydrogen-bond donors (Lipinski definition) is 0. The van der Waals surface area contributed by atoms with Gasteiger partial charge in [-0.3, -0.25) is 9.59 Å². The van der Waals surface area contributed by atoms with Crippen LogP contribution >= 0.6 is 0 Å². The molecule has 1 unspecified atom stereocenters. The lowest BCUT2D eigenvalue weighted by atomic mass is 10.1. The second kappa shape index (κ2) is 10.7. The molecule has 2 aliphatic heterocycles. The first kappa shape index (κ1) is 23.1. The van der Waals surface area contributed by atoms with Crippen LogP contribution in [0.2, 0.25) is 0 Å². The minimum atomic E-state index is -0.287. The zero-order chi connectivity index (χ0) is 23.2. The first-order valence-corrected chi connectivity index (χ1v) is 11.5. The Balaban J connectivity index is 1.33. The third-order valence-corrected chi connectivity index (χ3v) is 6.18. The Morgan fingerprint density at radius 1 is 1.06 bits per heavy atom. The van der Waals surface area contributed by atoms with Crippen molar-refractivity contribution >= 4 is 17.6 Å². The zero-order valence-corrected chi connectivity index (χ0v) is 19.0. The predicted molar refractivity (Wildman–Crippen MR) is 122 cm³/mol. The molecular formula is C24H30FN5O3. The van der Waals surface area contributed by atoms with E-state index in [-0.39, 0.29) is 30.3 Å². The molecule has 8 nitrogen and oxygen atoms in total. The number of carbonyl (C=O) groups is 2.